The molecule has 1 unspecified atom stereocenters. The van der Waals surface area contributed by atoms with Gasteiger partial charge in [0.15, 0.2) is 5.58 Å². The van der Waals surface area contributed by atoms with Crippen LogP contribution in [0.5, 0.6) is 0 Å². The number of carboxylic acids is 1. The normalized spacial score (nSPS) is 12.8. The molecule has 0 amide bonds. The van der Waals surface area contributed by atoms with E-state index in [0.29, 0.717) is 16.7 Å². The van der Waals surface area contributed by atoms with Crippen LogP contribution in [0.15, 0.2) is 27.4 Å². The molecule has 1 atom stereocenters. The van der Waals surface area contributed by atoms with Gasteiger partial charge >= 0.3 is 11.7 Å². The maximum atomic E-state index is 10.9. The van der Waals surface area contributed by atoms with Gasteiger partial charge in [-0.15, -0.1) is 0 Å². The standard InChI is InChI=1S/C10H10N2O4/c11-4-6(9(13)14)5-1-2-7-8(3-5)16-10(15)12-7/h1-3,6H,4,11H2,(H,12,15)(H,13,14). The number of nitrogens with two attached hydrogens (primary N) is 1. The Hall–Kier alpha value is -2.08. The Morgan fingerprint density at radius 3 is 2.94 bits per heavy atom. The fourth-order valence-electron chi connectivity index (χ4n) is 1.56. The topological polar surface area (TPSA) is 109 Å². The molecule has 0 bridgehead atoms. The summed E-state index contributed by atoms with van der Waals surface area (Å²) < 4.78 is 4.84. The van der Waals surface area contributed by atoms with Crippen LogP contribution < -0.4 is 11.5 Å². The summed E-state index contributed by atoms with van der Waals surface area (Å²) in [5, 5.41) is 8.92. The van der Waals surface area contributed by atoms with Gasteiger partial charge in [0.05, 0.1) is 11.4 Å². The SMILES string of the molecule is NCC(C(=O)O)c1ccc2[nH]c(=O)oc2c1. The maximum Gasteiger partial charge on any atom is 0.417 e. The molecule has 4 N–H and O–H groups in total. The van der Waals surface area contributed by atoms with Crippen molar-refractivity contribution in [1.82, 2.24) is 4.98 Å². The van der Waals surface area contributed by atoms with E-state index in [1.807, 2.05) is 0 Å². The van der Waals surface area contributed by atoms with Gasteiger partial charge in [0.2, 0.25) is 0 Å². The summed E-state index contributed by atoms with van der Waals surface area (Å²) in [4.78, 5) is 24.3. The molecule has 0 aliphatic carbocycles. The summed E-state index contributed by atoms with van der Waals surface area (Å²) in [6.45, 7) is -0.00447. The Balaban J connectivity index is 2.53. The molecular formula is C10H10N2O4. The zero-order valence-corrected chi connectivity index (χ0v) is 8.27. The lowest BCUT2D eigenvalue weighted by Gasteiger charge is -2.08. The van der Waals surface area contributed by atoms with Crippen molar-refractivity contribution in [3.8, 4) is 0 Å². The number of rotatable bonds is 3. The Bertz CT molecular complexity index is 584. The van der Waals surface area contributed by atoms with E-state index in [0.717, 1.165) is 0 Å². The zero-order chi connectivity index (χ0) is 11.7. The van der Waals surface area contributed by atoms with Gasteiger partial charge in [0, 0.05) is 6.54 Å². The minimum atomic E-state index is -1.00. The molecule has 0 aliphatic heterocycles. The van der Waals surface area contributed by atoms with Gasteiger partial charge < -0.3 is 15.3 Å². The van der Waals surface area contributed by atoms with Crippen molar-refractivity contribution in [2.24, 2.45) is 5.73 Å². The summed E-state index contributed by atoms with van der Waals surface area (Å²) in [5.41, 5.74) is 6.77. The minimum Gasteiger partial charge on any atom is -0.481 e. The van der Waals surface area contributed by atoms with Crippen LogP contribution in [0.2, 0.25) is 0 Å². The van der Waals surface area contributed by atoms with E-state index >= 15 is 0 Å². The maximum absolute atomic E-state index is 10.9. The van der Waals surface area contributed by atoms with Crippen LogP contribution >= 0.6 is 0 Å². The lowest BCUT2D eigenvalue weighted by Crippen LogP contribution is -2.20. The largest absolute Gasteiger partial charge is 0.481 e. The molecule has 6 heteroatoms. The third-order valence-electron chi connectivity index (χ3n) is 2.38. The lowest BCUT2D eigenvalue weighted by molar-refractivity contribution is -0.138. The molecule has 6 nitrogen and oxygen atoms in total. The second-order valence-electron chi connectivity index (χ2n) is 3.40. The number of hydrogen-bond acceptors (Lipinski definition) is 4. The van der Waals surface area contributed by atoms with Crippen molar-refractivity contribution in [1.29, 1.82) is 0 Å². The van der Waals surface area contributed by atoms with Gasteiger partial charge in [-0.25, -0.2) is 4.79 Å². The third kappa shape index (κ3) is 1.70. The Labute approximate surface area is 89.7 Å². The molecule has 16 heavy (non-hydrogen) atoms. The van der Waals surface area contributed by atoms with Crippen molar-refractivity contribution < 1.29 is 14.3 Å². The smallest absolute Gasteiger partial charge is 0.417 e. The molecule has 0 radical (unpaired) electrons. The Morgan fingerprint density at radius 2 is 2.31 bits per heavy atom. The number of H-pyrrole nitrogens is 1. The highest BCUT2D eigenvalue weighted by molar-refractivity contribution is 5.80. The minimum absolute atomic E-state index is 0.00447. The molecule has 2 rings (SSSR count). The number of oxazole rings is 1. The number of carbonyl (C=O) groups is 1. The predicted molar refractivity (Wildman–Crippen MR) is 56.3 cm³/mol. The van der Waals surface area contributed by atoms with Gasteiger partial charge in [0.1, 0.15) is 0 Å². The number of nitrogens with one attached hydrogen (secondary N) is 1. The van der Waals surface area contributed by atoms with Crippen LogP contribution in [0, 0.1) is 0 Å². The molecule has 0 saturated heterocycles. The molecule has 0 spiro atoms. The lowest BCUT2D eigenvalue weighted by atomic mass is 9.99. The highest BCUT2D eigenvalue weighted by Gasteiger charge is 2.18. The first-order valence-corrected chi connectivity index (χ1v) is 4.67. The van der Waals surface area contributed by atoms with E-state index in [2.05, 4.69) is 4.98 Å². The highest BCUT2D eigenvalue weighted by atomic mass is 16.4. The monoisotopic (exact) mass is 222 g/mol. The van der Waals surface area contributed by atoms with Crippen LogP contribution in [0.3, 0.4) is 0 Å². The number of aliphatic carboxylic acids is 1. The van der Waals surface area contributed by atoms with Crippen molar-refractivity contribution in [2.75, 3.05) is 6.54 Å². The molecule has 0 saturated carbocycles. The zero-order valence-electron chi connectivity index (χ0n) is 8.27. The summed E-state index contributed by atoms with van der Waals surface area (Å²) >= 11 is 0. The first-order valence-electron chi connectivity index (χ1n) is 4.67. The van der Waals surface area contributed by atoms with E-state index in [4.69, 9.17) is 15.3 Å². The average Bonchev–Trinajstić information content (AvgIpc) is 2.57. The van der Waals surface area contributed by atoms with Crippen LogP contribution in [-0.4, -0.2) is 22.6 Å². The van der Waals surface area contributed by atoms with E-state index in [1.165, 1.54) is 6.07 Å². The molecular weight excluding hydrogens is 212 g/mol. The van der Waals surface area contributed by atoms with Gasteiger partial charge in [-0.2, -0.15) is 0 Å². The first kappa shape index (κ1) is 10.4. The molecule has 2 aromatic rings. The molecule has 0 fully saturated rings. The van der Waals surface area contributed by atoms with Crippen LogP contribution in [0.4, 0.5) is 0 Å². The molecule has 84 valence electrons. The Kier molecular flexibility index (Phi) is 2.49. The van der Waals surface area contributed by atoms with Crippen molar-refractivity contribution in [3.05, 3.63) is 34.3 Å². The second-order valence-corrected chi connectivity index (χ2v) is 3.40. The van der Waals surface area contributed by atoms with E-state index in [-0.39, 0.29) is 6.54 Å². The number of fused-ring (bicyclic) bond motifs is 1. The highest BCUT2D eigenvalue weighted by Crippen LogP contribution is 2.19. The van der Waals surface area contributed by atoms with E-state index in [9.17, 15) is 9.59 Å². The Morgan fingerprint density at radius 1 is 1.56 bits per heavy atom. The molecule has 0 aliphatic rings. The van der Waals surface area contributed by atoms with Gasteiger partial charge in [-0.1, -0.05) is 6.07 Å². The summed E-state index contributed by atoms with van der Waals surface area (Å²) in [5.74, 6) is -2.35. The summed E-state index contributed by atoms with van der Waals surface area (Å²) in [7, 11) is 0. The van der Waals surface area contributed by atoms with Crippen molar-refractivity contribution in [3.63, 3.8) is 0 Å². The number of benzene rings is 1. The second kappa shape index (κ2) is 3.82. The fourth-order valence-corrected chi connectivity index (χ4v) is 1.56. The van der Waals surface area contributed by atoms with E-state index < -0.39 is 17.6 Å². The van der Waals surface area contributed by atoms with Gasteiger partial charge in [0.25, 0.3) is 0 Å². The number of carboxylic acid groups (broad SMARTS) is 1. The van der Waals surface area contributed by atoms with Crippen LogP contribution in [-0.2, 0) is 4.79 Å². The fraction of sp³-hybridized carbons (Fsp3) is 0.200. The van der Waals surface area contributed by atoms with Gasteiger partial charge in [-0.05, 0) is 17.7 Å². The predicted octanol–water partition coefficient (Wildman–Crippen LogP) is 0.248. The van der Waals surface area contributed by atoms with Crippen molar-refractivity contribution >= 4 is 17.1 Å². The van der Waals surface area contributed by atoms with Gasteiger partial charge in [-0.3, -0.25) is 9.78 Å². The molecule has 1 aromatic heterocycles. The number of hydrogen-bond donors (Lipinski definition) is 3. The quantitative estimate of drug-likeness (QED) is 0.689. The average molecular weight is 222 g/mol. The summed E-state index contributed by atoms with van der Waals surface area (Å²) in [6.07, 6.45) is 0. The summed E-state index contributed by atoms with van der Waals surface area (Å²) in [6, 6.07) is 4.72. The number of aromatic nitrogens is 1. The van der Waals surface area contributed by atoms with Crippen molar-refractivity contribution in [2.45, 2.75) is 5.92 Å². The van der Waals surface area contributed by atoms with Crippen LogP contribution in [0.25, 0.3) is 11.1 Å². The van der Waals surface area contributed by atoms with E-state index in [1.54, 1.807) is 12.1 Å². The first-order chi connectivity index (χ1) is 7.61. The molecule has 1 aromatic carbocycles. The number of aromatic amines is 1. The van der Waals surface area contributed by atoms with Crippen LogP contribution in [0.1, 0.15) is 11.5 Å². The third-order valence-corrected chi connectivity index (χ3v) is 2.38. The molecule has 1 heterocycles.